The van der Waals surface area contributed by atoms with E-state index in [2.05, 4.69) is 25.3 Å². The maximum absolute atomic E-state index is 14.7. The average molecular weight is 488 g/mol. The number of nitrogens with one attached hydrogen (secondary N) is 1. The van der Waals surface area contributed by atoms with Gasteiger partial charge in [0.05, 0.1) is 17.5 Å². The van der Waals surface area contributed by atoms with Crippen LogP contribution in [0, 0.1) is 17.2 Å². The van der Waals surface area contributed by atoms with Gasteiger partial charge in [-0.1, -0.05) is 12.1 Å². The van der Waals surface area contributed by atoms with Gasteiger partial charge in [0.2, 0.25) is 5.91 Å². The zero-order valence-corrected chi connectivity index (χ0v) is 20.3. The molecule has 3 aromatic heterocycles. The molecular formula is C26H26FN7O2. The van der Waals surface area contributed by atoms with Gasteiger partial charge in [0.1, 0.15) is 29.0 Å². The normalized spacial score (nSPS) is 20.9. The second-order valence-corrected chi connectivity index (χ2v) is 9.61. The summed E-state index contributed by atoms with van der Waals surface area (Å²) in [7, 11) is 3.80. The topological polar surface area (TPSA) is 98.1 Å². The first-order chi connectivity index (χ1) is 17.4. The lowest BCUT2D eigenvalue weighted by atomic mass is 10.0. The van der Waals surface area contributed by atoms with E-state index in [1.54, 1.807) is 42.2 Å². The highest BCUT2D eigenvalue weighted by Crippen LogP contribution is 2.58. The second kappa shape index (κ2) is 8.34. The number of carbonyl (C=O) groups is 1. The summed E-state index contributed by atoms with van der Waals surface area (Å²) in [4.78, 5) is 29.2. The van der Waals surface area contributed by atoms with Gasteiger partial charge in [-0.3, -0.25) is 9.48 Å². The summed E-state index contributed by atoms with van der Waals surface area (Å²) in [5.41, 5.74) is 2.57. The molecule has 6 rings (SSSR count). The standard InChI is InChI=1S/C26H26FN7O2/c1-4-36-20-9-19-23(30-24(20)31-25(35)26-10-15(26)11-33(2)13-26)22(29-14-28-19)17-12-34(3)32-21(17)16-7-5-6-8-18(16)27/h5-9,12,14-15H,4,10-11,13H2,1-3H3,(H,30,31,35)/t15-,26-/m0/s1. The van der Waals surface area contributed by atoms with Crippen molar-refractivity contribution in [1.29, 1.82) is 0 Å². The molecule has 0 spiro atoms. The fourth-order valence-electron chi connectivity index (χ4n) is 5.35. The van der Waals surface area contributed by atoms with Crippen molar-refractivity contribution >= 4 is 22.8 Å². The Labute approximate surface area is 207 Å². The lowest BCUT2D eigenvalue weighted by Gasteiger charge is -2.17. The second-order valence-electron chi connectivity index (χ2n) is 9.61. The monoisotopic (exact) mass is 487 g/mol. The van der Waals surface area contributed by atoms with Gasteiger partial charge < -0.3 is 15.0 Å². The molecule has 0 unspecified atom stereocenters. The van der Waals surface area contributed by atoms with E-state index in [1.807, 2.05) is 14.0 Å². The van der Waals surface area contributed by atoms with E-state index in [1.165, 1.54) is 12.4 Å². The Morgan fingerprint density at radius 3 is 2.81 bits per heavy atom. The number of anilines is 1. The van der Waals surface area contributed by atoms with Crippen molar-refractivity contribution in [3.63, 3.8) is 0 Å². The average Bonchev–Trinajstić information content (AvgIpc) is 3.22. The van der Waals surface area contributed by atoms with Crippen LogP contribution >= 0.6 is 0 Å². The molecule has 36 heavy (non-hydrogen) atoms. The van der Waals surface area contributed by atoms with Crippen LogP contribution in [0.1, 0.15) is 13.3 Å². The molecule has 1 saturated heterocycles. The number of halogens is 1. The predicted molar refractivity (Wildman–Crippen MR) is 133 cm³/mol. The van der Waals surface area contributed by atoms with Crippen LogP contribution in [0.15, 0.2) is 42.9 Å². The van der Waals surface area contributed by atoms with Crippen LogP contribution in [0.2, 0.25) is 0 Å². The number of hydrogen-bond acceptors (Lipinski definition) is 7. The summed E-state index contributed by atoms with van der Waals surface area (Å²) >= 11 is 0. The van der Waals surface area contributed by atoms with Crippen LogP contribution in [0.5, 0.6) is 5.75 Å². The number of fused-ring (bicyclic) bond motifs is 2. The van der Waals surface area contributed by atoms with E-state index in [-0.39, 0.29) is 17.1 Å². The lowest BCUT2D eigenvalue weighted by Crippen LogP contribution is -2.31. The maximum Gasteiger partial charge on any atom is 0.233 e. The van der Waals surface area contributed by atoms with Gasteiger partial charge in [0, 0.05) is 43.5 Å². The molecule has 1 aliphatic heterocycles. The number of aromatic nitrogens is 5. The zero-order chi connectivity index (χ0) is 25.0. The molecule has 0 bridgehead atoms. The van der Waals surface area contributed by atoms with E-state index >= 15 is 0 Å². The van der Waals surface area contributed by atoms with Gasteiger partial charge in [-0.25, -0.2) is 19.3 Å². The number of hydrogen-bond donors (Lipinski definition) is 1. The molecule has 9 nitrogen and oxygen atoms in total. The number of rotatable bonds is 6. The van der Waals surface area contributed by atoms with Crippen molar-refractivity contribution in [2.45, 2.75) is 13.3 Å². The summed E-state index contributed by atoms with van der Waals surface area (Å²) in [6, 6.07) is 8.24. The molecular weight excluding hydrogens is 461 g/mol. The molecule has 2 atom stereocenters. The number of aryl methyl sites for hydroxylation is 1. The van der Waals surface area contributed by atoms with E-state index in [0.717, 1.165) is 19.5 Å². The van der Waals surface area contributed by atoms with E-state index in [0.29, 0.717) is 57.6 Å². The quantitative estimate of drug-likeness (QED) is 0.444. The van der Waals surface area contributed by atoms with Gasteiger partial charge in [0.15, 0.2) is 11.6 Å². The molecule has 2 fully saturated rings. The Morgan fingerprint density at radius 1 is 1.22 bits per heavy atom. The van der Waals surface area contributed by atoms with Crippen molar-refractivity contribution in [2.75, 3.05) is 32.1 Å². The summed E-state index contributed by atoms with van der Waals surface area (Å²) in [6.07, 6.45) is 4.10. The first kappa shape index (κ1) is 22.5. The van der Waals surface area contributed by atoms with Gasteiger partial charge in [0.25, 0.3) is 0 Å². The molecule has 1 amide bonds. The Hall–Kier alpha value is -3.92. The fraction of sp³-hybridized carbons (Fsp3) is 0.346. The van der Waals surface area contributed by atoms with Crippen LogP contribution in [0.4, 0.5) is 10.2 Å². The van der Waals surface area contributed by atoms with Crippen molar-refractivity contribution in [3.8, 4) is 28.3 Å². The van der Waals surface area contributed by atoms with Gasteiger partial charge in [-0.15, -0.1) is 0 Å². The number of amides is 1. The third-order valence-electron chi connectivity index (χ3n) is 7.09. The number of carbonyl (C=O) groups excluding carboxylic acids is 1. The highest BCUT2D eigenvalue weighted by Gasteiger charge is 2.64. The Morgan fingerprint density at radius 2 is 2.06 bits per heavy atom. The number of nitrogens with zero attached hydrogens (tertiary/aromatic N) is 6. The highest BCUT2D eigenvalue weighted by molar-refractivity contribution is 6.01. The van der Waals surface area contributed by atoms with Crippen LogP contribution in [0.3, 0.4) is 0 Å². The smallest absolute Gasteiger partial charge is 0.233 e. The minimum absolute atomic E-state index is 0.0449. The van der Waals surface area contributed by atoms with Crippen molar-refractivity contribution in [2.24, 2.45) is 18.4 Å². The number of ether oxygens (including phenoxy) is 1. The fourth-order valence-corrected chi connectivity index (χ4v) is 5.35. The third-order valence-corrected chi connectivity index (χ3v) is 7.09. The number of benzene rings is 1. The number of likely N-dealkylation sites (tertiary alicyclic amines) is 1. The van der Waals surface area contributed by atoms with Crippen LogP contribution in [-0.4, -0.2) is 62.3 Å². The van der Waals surface area contributed by atoms with E-state index in [4.69, 9.17) is 9.72 Å². The first-order valence-electron chi connectivity index (χ1n) is 12.0. The third kappa shape index (κ3) is 3.60. The Balaban J connectivity index is 1.47. The minimum Gasteiger partial charge on any atom is -0.490 e. The van der Waals surface area contributed by atoms with Gasteiger partial charge in [-0.05, 0) is 38.4 Å². The lowest BCUT2D eigenvalue weighted by molar-refractivity contribution is -0.121. The molecule has 4 aromatic rings. The summed E-state index contributed by atoms with van der Waals surface area (Å²) in [5.74, 6) is 0.725. The predicted octanol–water partition coefficient (Wildman–Crippen LogP) is 3.52. The van der Waals surface area contributed by atoms with Crippen molar-refractivity contribution < 1.29 is 13.9 Å². The Bertz CT molecular complexity index is 1500. The van der Waals surface area contributed by atoms with Crippen LogP contribution < -0.4 is 10.1 Å². The number of pyridine rings is 1. The maximum atomic E-state index is 14.7. The number of piperidine rings is 1. The van der Waals surface area contributed by atoms with Crippen molar-refractivity contribution in [1.82, 2.24) is 29.6 Å². The van der Waals surface area contributed by atoms with Gasteiger partial charge in [-0.2, -0.15) is 5.10 Å². The summed E-state index contributed by atoms with van der Waals surface area (Å²) in [6.45, 7) is 3.94. The molecule has 0 radical (unpaired) electrons. The molecule has 1 aliphatic carbocycles. The van der Waals surface area contributed by atoms with Crippen LogP contribution in [-0.2, 0) is 11.8 Å². The molecule has 10 heteroatoms. The van der Waals surface area contributed by atoms with Gasteiger partial charge >= 0.3 is 0 Å². The first-order valence-corrected chi connectivity index (χ1v) is 12.0. The van der Waals surface area contributed by atoms with E-state index < -0.39 is 0 Å². The molecule has 1 N–H and O–H groups in total. The summed E-state index contributed by atoms with van der Waals surface area (Å²) in [5, 5.41) is 7.54. The Kier molecular flexibility index (Phi) is 5.22. The minimum atomic E-state index is -0.380. The largest absolute Gasteiger partial charge is 0.490 e. The summed E-state index contributed by atoms with van der Waals surface area (Å²) < 4.78 is 22.1. The molecule has 1 saturated carbocycles. The molecule has 1 aromatic carbocycles. The molecule has 184 valence electrons. The van der Waals surface area contributed by atoms with E-state index in [9.17, 15) is 9.18 Å². The van der Waals surface area contributed by atoms with Crippen LogP contribution in [0.25, 0.3) is 33.5 Å². The zero-order valence-electron chi connectivity index (χ0n) is 20.3. The SMILES string of the molecule is CCOc1cc2ncnc(-c3cn(C)nc3-c3ccccc3F)c2nc1NC(=O)[C@]12C[C@H]1CN(C)C2. The molecule has 4 heterocycles. The molecule has 2 aliphatic rings. The van der Waals surface area contributed by atoms with Crippen molar-refractivity contribution in [3.05, 3.63) is 48.7 Å². The highest BCUT2D eigenvalue weighted by atomic mass is 19.1.